The van der Waals surface area contributed by atoms with Crippen molar-refractivity contribution in [2.45, 2.75) is 13.0 Å². The molecule has 8 heteroatoms. The molecule has 156 valence electrons. The highest BCUT2D eigenvalue weighted by atomic mass is 35.5. The highest BCUT2D eigenvalue weighted by Gasteiger charge is 2.27. The number of carbonyl (C=O) groups is 1. The lowest BCUT2D eigenvalue weighted by atomic mass is 9.96. The molecule has 2 heterocycles. The van der Waals surface area contributed by atoms with Crippen LogP contribution in [0.25, 0.3) is 0 Å². The van der Waals surface area contributed by atoms with Gasteiger partial charge in [0.1, 0.15) is 12.4 Å². The number of anilines is 2. The minimum Gasteiger partial charge on any atom is -0.492 e. The Hall–Kier alpha value is -2.25. The first kappa shape index (κ1) is 21.0. The summed E-state index contributed by atoms with van der Waals surface area (Å²) < 4.78 is 5.80. The molecule has 4 rings (SSSR count). The number of benzene rings is 2. The number of nitrogens with zero attached hydrogens (tertiary/aromatic N) is 1. The first-order valence-electron chi connectivity index (χ1n) is 9.53. The van der Waals surface area contributed by atoms with Crippen molar-refractivity contribution in [2.75, 3.05) is 31.2 Å². The number of hydrogen-bond acceptors (Lipinski definition) is 6. The van der Waals surface area contributed by atoms with Gasteiger partial charge in [0.15, 0.2) is 5.78 Å². The molecule has 0 amide bonds. The van der Waals surface area contributed by atoms with E-state index in [1.165, 1.54) is 11.3 Å². The van der Waals surface area contributed by atoms with Gasteiger partial charge >= 0.3 is 0 Å². The standard InChI is InChI=1S/C22H21Cl2N3O2S/c23-17-6-1-13(11-18(17)24)21(28)20-16-7-8-27(12-19(16)30-22(20)26)9-10-29-15-4-2-14(25)3-5-15/h1-6,11H,7-10,12,25-26H2. The normalized spacial score (nSPS) is 13.8. The summed E-state index contributed by atoms with van der Waals surface area (Å²) in [4.78, 5) is 16.5. The summed E-state index contributed by atoms with van der Waals surface area (Å²) in [5.41, 5.74) is 14.8. The molecule has 3 aromatic rings. The van der Waals surface area contributed by atoms with Gasteiger partial charge in [0.2, 0.25) is 0 Å². The van der Waals surface area contributed by atoms with Gasteiger partial charge in [0.25, 0.3) is 0 Å². The molecule has 2 aromatic carbocycles. The second-order valence-electron chi connectivity index (χ2n) is 7.14. The third-order valence-electron chi connectivity index (χ3n) is 5.13. The topological polar surface area (TPSA) is 81.6 Å². The van der Waals surface area contributed by atoms with Crippen LogP contribution >= 0.6 is 34.5 Å². The number of ether oxygens (including phenoxy) is 1. The van der Waals surface area contributed by atoms with Gasteiger partial charge in [-0.15, -0.1) is 11.3 Å². The summed E-state index contributed by atoms with van der Waals surface area (Å²) in [6.45, 7) is 2.97. The molecule has 1 aromatic heterocycles. The maximum absolute atomic E-state index is 13.1. The van der Waals surface area contributed by atoms with Crippen LogP contribution in [-0.4, -0.2) is 30.4 Å². The van der Waals surface area contributed by atoms with E-state index >= 15 is 0 Å². The quantitative estimate of drug-likeness (QED) is 0.403. The average Bonchev–Trinajstić information content (AvgIpc) is 3.06. The zero-order valence-corrected chi connectivity index (χ0v) is 18.5. The molecule has 0 fully saturated rings. The van der Waals surface area contributed by atoms with Crippen molar-refractivity contribution >= 4 is 51.0 Å². The number of thiophene rings is 1. The Kier molecular flexibility index (Phi) is 6.20. The Morgan fingerprint density at radius 1 is 1.10 bits per heavy atom. The minimum absolute atomic E-state index is 0.108. The maximum atomic E-state index is 13.1. The Labute approximate surface area is 189 Å². The Balaban J connectivity index is 1.43. The number of halogens is 2. The third-order valence-corrected chi connectivity index (χ3v) is 6.91. The van der Waals surface area contributed by atoms with Crippen LogP contribution in [0.4, 0.5) is 10.7 Å². The van der Waals surface area contributed by atoms with E-state index < -0.39 is 0 Å². The molecule has 0 saturated carbocycles. The molecule has 0 unspecified atom stereocenters. The number of hydrogen-bond donors (Lipinski definition) is 2. The predicted octanol–water partition coefficient (Wildman–Crippen LogP) is 4.89. The van der Waals surface area contributed by atoms with Gasteiger partial charge in [-0.1, -0.05) is 23.2 Å². The van der Waals surface area contributed by atoms with Crippen molar-refractivity contribution in [1.29, 1.82) is 0 Å². The number of nitrogen functional groups attached to an aromatic ring is 2. The van der Waals surface area contributed by atoms with Crippen LogP contribution in [0, 0.1) is 0 Å². The predicted molar refractivity (Wildman–Crippen MR) is 124 cm³/mol. The van der Waals surface area contributed by atoms with E-state index in [4.69, 9.17) is 39.4 Å². The zero-order chi connectivity index (χ0) is 21.3. The van der Waals surface area contributed by atoms with Crippen LogP contribution in [0.3, 0.4) is 0 Å². The summed E-state index contributed by atoms with van der Waals surface area (Å²) >= 11 is 13.5. The van der Waals surface area contributed by atoms with Gasteiger partial charge in [-0.2, -0.15) is 0 Å². The van der Waals surface area contributed by atoms with E-state index in [9.17, 15) is 4.79 Å². The highest BCUT2D eigenvalue weighted by Crippen LogP contribution is 2.37. The molecule has 1 aliphatic rings. The van der Waals surface area contributed by atoms with E-state index in [2.05, 4.69) is 4.90 Å². The van der Waals surface area contributed by atoms with Crippen LogP contribution in [-0.2, 0) is 13.0 Å². The first-order chi connectivity index (χ1) is 14.4. The van der Waals surface area contributed by atoms with Crippen molar-refractivity contribution in [3.8, 4) is 5.75 Å². The fourth-order valence-corrected chi connectivity index (χ4v) is 5.01. The van der Waals surface area contributed by atoms with E-state index in [0.29, 0.717) is 38.5 Å². The molecule has 0 saturated heterocycles. The Morgan fingerprint density at radius 2 is 1.87 bits per heavy atom. The summed E-state index contributed by atoms with van der Waals surface area (Å²) in [5, 5.41) is 1.33. The van der Waals surface area contributed by atoms with Crippen LogP contribution in [0.5, 0.6) is 5.75 Å². The fraction of sp³-hybridized carbons (Fsp3) is 0.227. The van der Waals surface area contributed by atoms with Crippen molar-refractivity contribution in [2.24, 2.45) is 0 Å². The van der Waals surface area contributed by atoms with E-state index in [1.807, 2.05) is 24.3 Å². The zero-order valence-electron chi connectivity index (χ0n) is 16.2. The van der Waals surface area contributed by atoms with E-state index in [1.54, 1.807) is 18.2 Å². The SMILES string of the molecule is Nc1ccc(OCCN2CCc3c(sc(N)c3C(=O)c3ccc(Cl)c(Cl)c3)C2)cc1. The molecule has 0 bridgehead atoms. The van der Waals surface area contributed by atoms with Crippen LogP contribution in [0.2, 0.25) is 10.0 Å². The van der Waals surface area contributed by atoms with Gasteiger partial charge in [-0.05, 0) is 54.4 Å². The van der Waals surface area contributed by atoms with Crippen LogP contribution in [0.1, 0.15) is 26.4 Å². The van der Waals surface area contributed by atoms with Gasteiger partial charge in [-0.25, -0.2) is 0 Å². The molecule has 5 nitrogen and oxygen atoms in total. The summed E-state index contributed by atoms with van der Waals surface area (Å²) in [6.07, 6.45) is 0.771. The lowest BCUT2D eigenvalue weighted by molar-refractivity contribution is 0.103. The average molecular weight is 462 g/mol. The summed E-state index contributed by atoms with van der Waals surface area (Å²) in [7, 11) is 0. The fourth-order valence-electron chi connectivity index (χ4n) is 3.56. The second kappa shape index (κ2) is 8.86. The number of carbonyl (C=O) groups excluding carboxylic acids is 1. The second-order valence-corrected chi connectivity index (χ2v) is 9.10. The number of ketones is 1. The Bertz CT molecular complexity index is 1080. The van der Waals surface area contributed by atoms with Crippen LogP contribution < -0.4 is 16.2 Å². The Morgan fingerprint density at radius 3 is 2.60 bits per heavy atom. The van der Waals surface area contributed by atoms with Crippen molar-refractivity contribution in [3.63, 3.8) is 0 Å². The lowest BCUT2D eigenvalue weighted by Crippen LogP contribution is -2.33. The highest BCUT2D eigenvalue weighted by molar-refractivity contribution is 7.16. The molecular formula is C22H21Cl2N3O2S. The smallest absolute Gasteiger partial charge is 0.196 e. The number of fused-ring (bicyclic) bond motifs is 1. The molecular weight excluding hydrogens is 441 g/mol. The summed E-state index contributed by atoms with van der Waals surface area (Å²) in [6, 6.07) is 12.3. The van der Waals surface area contributed by atoms with Crippen LogP contribution in [0.15, 0.2) is 42.5 Å². The largest absolute Gasteiger partial charge is 0.492 e. The molecule has 4 N–H and O–H groups in total. The maximum Gasteiger partial charge on any atom is 0.196 e. The minimum atomic E-state index is -0.108. The molecule has 0 aliphatic carbocycles. The molecule has 1 aliphatic heterocycles. The number of rotatable bonds is 6. The van der Waals surface area contributed by atoms with Crippen molar-refractivity contribution in [1.82, 2.24) is 4.90 Å². The van der Waals surface area contributed by atoms with E-state index in [-0.39, 0.29) is 5.78 Å². The van der Waals surface area contributed by atoms with Gasteiger partial charge in [0, 0.05) is 35.8 Å². The summed E-state index contributed by atoms with van der Waals surface area (Å²) in [5.74, 6) is 0.695. The molecule has 30 heavy (non-hydrogen) atoms. The van der Waals surface area contributed by atoms with Gasteiger partial charge in [-0.3, -0.25) is 9.69 Å². The number of nitrogens with two attached hydrogens (primary N) is 2. The third kappa shape index (κ3) is 4.42. The van der Waals surface area contributed by atoms with Crippen molar-refractivity contribution in [3.05, 3.63) is 74.1 Å². The van der Waals surface area contributed by atoms with Gasteiger partial charge in [0.05, 0.1) is 20.6 Å². The monoisotopic (exact) mass is 461 g/mol. The van der Waals surface area contributed by atoms with Gasteiger partial charge < -0.3 is 16.2 Å². The first-order valence-corrected chi connectivity index (χ1v) is 11.1. The molecule has 0 atom stereocenters. The van der Waals surface area contributed by atoms with E-state index in [0.717, 1.165) is 42.2 Å². The molecule has 0 radical (unpaired) electrons. The molecule has 0 spiro atoms. The lowest BCUT2D eigenvalue weighted by Gasteiger charge is -2.27. The van der Waals surface area contributed by atoms with Crippen molar-refractivity contribution < 1.29 is 9.53 Å².